The summed E-state index contributed by atoms with van der Waals surface area (Å²) in [7, 11) is 1.33. The van der Waals surface area contributed by atoms with Crippen molar-refractivity contribution in [1.29, 1.82) is 0 Å². The first kappa shape index (κ1) is 16.4. The third-order valence-corrected chi connectivity index (χ3v) is 4.07. The molecule has 2 heterocycles. The van der Waals surface area contributed by atoms with Crippen LogP contribution in [0.25, 0.3) is 11.1 Å². The highest BCUT2D eigenvalue weighted by atomic mass is 127. The van der Waals surface area contributed by atoms with Crippen LogP contribution in [0.5, 0.6) is 0 Å². The Balaban J connectivity index is 2.31. The van der Waals surface area contributed by atoms with Crippen LogP contribution in [-0.4, -0.2) is 15.6 Å². The second kappa shape index (κ2) is 5.89. The average Bonchev–Trinajstić information content (AvgIpc) is 2.88. The Morgan fingerprint density at radius 2 is 2.00 bits per heavy atom. The van der Waals surface area contributed by atoms with Crippen LogP contribution >= 0.6 is 22.6 Å². The Morgan fingerprint density at radius 1 is 1.29 bits per heavy atom. The number of hydrogen-bond acceptors (Lipinski definition) is 4. The topological polar surface area (TPSA) is 84.5 Å². The zero-order valence-corrected chi connectivity index (χ0v) is 14.2. The van der Waals surface area contributed by atoms with Crippen molar-refractivity contribution in [1.82, 2.24) is 4.57 Å². The number of nitrogens with one attached hydrogen (secondary N) is 1. The molecule has 1 aromatic carbocycles. The molecular formula is C15H9F2IN2O4. The van der Waals surface area contributed by atoms with E-state index in [1.807, 2.05) is 22.6 Å². The number of carboxylic acids is 1. The largest absolute Gasteiger partial charge is 0.475 e. The maximum atomic E-state index is 14.0. The van der Waals surface area contributed by atoms with Gasteiger partial charge >= 0.3 is 5.97 Å². The minimum atomic E-state index is -1.48. The van der Waals surface area contributed by atoms with Gasteiger partial charge in [0.05, 0.1) is 5.69 Å². The van der Waals surface area contributed by atoms with Crippen LogP contribution in [-0.2, 0) is 7.05 Å². The normalized spacial score (nSPS) is 11.0. The van der Waals surface area contributed by atoms with Crippen molar-refractivity contribution in [2.45, 2.75) is 0 Å². The maximum absolute atomic E-state index is 14.0. The van der Waals surface area contributed by atoms with Crippen molar-refractivity contribution in [3.63, 3.8) is 0 Å². The van der Waals surface area contributed by atoms with E-state index < -0.39 is 34.5 Å². The molecule has 0 radical (unpaired) electrons. The number of aromatic carboxylic acids is 1. The van der Waals surface area contributed by atoms with E-state index in [4.69, 9.17) is 4.42 Å². The molecule has 0 atom stereocenters. The van der Waals surface area contributed by atoms with Crippen molar-refractivity contribution >= 4 is 51.0 Å². The molecule has 0 fully saturated rings. The zero-order chi connectivity index (χ0) is 17.6. The van der Waals surface area contributed by atoms with Crippen LogP contribution in [0.15, 0.2) is 33.5 Å². The van der Waals surface area contributed by atoms with E-state index in [2.05, 4.69) is 5.32 Å². The third-order valence-electron chi connectivity index (χ3n) is 3.40. The van der Waals surface area contributed by atoms with Crippen LogP contribution in [0, 0.1) is 15.2 Å². The molecule has 0 aliphatic heterocycles. The minimum Gasteiger partial charge on any atom is -0.475 e. The Bertz CT molecular complexity index is 1040. The number of halogens is 3. The molecule has 2 aromatic heterocycles. The highest BCUT2D eigenvalue weighted by Gasteiger charge is 2.25. The summed E-state index contributed by atoms with van der Waals surface area (Å²) < 4.78 is 34.7. The van der Waals surface area contributed by atoms with Gasteiger partial charge in [-0.15, -0.1) is 0 Å². The molecule has 9 heteroatoms. The fourth-order valence-corrected chi connectivity index (χ4v) is 2.73. The molecule has 124 valence electrons. The molecule has 2 N–H and O–H groups in total. The van der Waals surface area contributed by atoms with Crippen LogP contribution in [0.2, 0.25) is 0 Å². The second-order valence-electron chi connectivity index (χ2n) is 4.93. The summed E-state index contributed by atoms with van der Waals surface area (Å²) in [5.74, 6) is -3.73. The number of carbonyl (C=O) groups is 1. The summed E-state index contributed by atoms with van der Waals surface area (Å²) in [6.07, 6.45) is 0. The molecule has 0 unspecified atom stereocenters. The van der Waals surface area contributed by atoms with Crippen LogP contribution in [0.1, 0.15) is 10.6 Å². The summed E-state index contributed by atoms with van der Waals surface area (Å²) in [4.78, 5) is 23.2. The fourth-order valence-electron chi connectivity index (χ4n) is 2.28. The van der Waals surface area contributed by atoms with Crippen molar-refractivity contribution in [3.05, 3.63) is 55.6 Å². The van der Waals surface area contributed by atoms with E-state index in [1.165, 1.54) is 19.2 Å². The standard InChI is InChI=1S/C15H9F2IN2O4/c1-20-10(21)5-8(17)13-12(20)11(14(24-13)15(22)23)19-9-3-2-6(18)4-7(9)16/h2-5,19H,1H3,(H,22,23). The van der Waals surface area contributed by atoms with Gasteiger partial charge in [-0.25, -0.2) is 13.6 Å². The van der Waals surface area contributed by atoms with Gasteiger partial charge in [-0.2, -0.15) is 0 Å². The first-order valence-corrected chi connectivity index (χ1v) is 7.65. The van der Waals surface area contributed by atoms with Crippen LogP contribution in [0.3, 0.4) is 0 Å². The fraction of sp³-hybridized carbons (Fsp3) is 0.0667. The molecule has 3 rings (SSSR count). The molecule has 0 aliphatic rings. The Labute approximate surface area is 146 Å². The number of carboxylic acid groups (broad SMARTS) is 1. The van der Waals surface area contributed by atoms with Gasteiger partial charge in [-0.3, -0.25) is 4.79 Å². The predicted octanol–water partition coefficient (Wildman–Crippen LogP) is 3.46. The van der Waals surface area contributed by atoms with Gasteiger partial charge in [-0.1, -0.05) is 0 Å². The minimum absolute atomic E-state index is 0.0303. The lowest BCUT2D eigenvalue weighted by atomic mass is 10.2. The number of fused-ring (bicyclic) bond motifs is 1. The van der Waals surface area contributed by atoms with Crippen molar-refractivity contribution in [3.8, 4) is 0 Å². The van der Waals surface area contributed by atoms with Crippen molar-refractivity contribution in [2.75, 3.05) is 5.32 Å². The first-order valence-electron chi connectivity index (χ1n) is 6.57. The summed E-state index contributed by atoms with van der Waals surface area (Å²) in [6.45, 7) is 0. The Kier molecular flexibility index (Phi) is 4.03. The molecule has 24 heavy (non-hydrogen) atoms. The SMILES string of the molecule is Cn1c(=O)cc(F)c2oc(C(=O)O)c(Nc3ccc(I)cc3F)c21. The third kappa shape index (κ3) is 2.64. The van der Waals surface area contributed by atoms with Crippen molar-refractivity contribution in [2.24, 2.45) is 7.05 Å². The summed E-state index contributed by atoms with van der Waals surface area (Å²) in [5, 5.41) is 11.9. The number of aryl methyl sites for hydroxylation is 1. The van der Waals surface area contributed by atoms with Crippen molar-refractivity contribution < 1.29 is 23.1 Å². The molecular weight excluding hydrogens is 437 g/mol. The Morgan fingerprint density at radius 3 is 2.62 bits per heavy atom. The number of hydrogen-bond donors (Lipinski definition) is 2. The van der Waals surface area contributed by atoms with Gasteiger partial charge in [0, 0.05) is 16.7 Å². The Hall–Kier alpha value is -2.43. The van der Waals surface area contributed by atoms with E-state index in [9.17, 15) is 23.5 Å². The molecule has 0 aliphatic carbocycles. The molecule has 0 spiro atoms. The summed E-state index contributed by atoms with van der Waals surface area (Å²) in [5.41, 5.74) is -1.42. The lowest BCUT2D eigenvalue weighted by molar-refractivity contribution is 0.0666. The number of nitrogens with zero attached hydrogens (tertiary/aromatic N) is 1. The summed E-state index contributed by atoms with van der Waals surface area (Å²) >= 11 is 1.92. The van der Waals surface area contributed by atoms with Crippen LogP contribution in [0.4, 0.5) is 20.2 Å². The molecule has 3 aromatic rings. The summed E-state index contributed by atoms with van der Waals surface area (Å²) in [6, 6.07) is 4.94. The zero-order valence-electron chi connectivity index (χ0n) is 12.1. The second-order valence-corrected chi connectivity index (χ2v) is 6.17. The number of rotatable bonds is 3. The van der Waals surface area contributed by atoms with E-state index in [0.29, 0.717) is 9.64 Å². The molecule has 6 nitrogen and oxygen atoms in total. The molecule has 0 saturated carbocycles. The molecule has 0 bridgehead atoms. The number of furan rings is 1. The lowest BCUT2D eigenvalue weighted by Gasteiger charge is -2.09. The monoisotopic (exact) mass is 446 g/mol. The van der Waals surface area contributed by atoms with Gasteiger partial charge < -0.3 is 19.4 Å². The number of anilines is 2. The van der Waals surface area contributed by atoms with Gasteiger partial charge in [-0.05, 0) is 40.8 Å². The number of benzene rings is 1. The van der Waals surface area contributed by atoms with Gasteiger partial charge in [0.2, 0.25) is 5.76 Å². The van der Waals surface area contributed by atoms with Gasteiger partial charge in [0.15, 0.2) is 11.4 Å². The van der Waals surface area contributed by atoms with E-state index in [1.54, 1.807) is 6.07 Å². The lowest BCUT2D eigenvalue weighted by Crippen LogP contribution is -2.17. The highest BCUT2D eigenvalue weighted by Crippen LogP contribution is 2.34. The predicted molar refractivity (Wildman–Crippen MR) is 90.8 cm³/mol. The first-order chi connectivity index (χ1) is 11.3. The maximum Gasteiger partial charge on any atom is 0.374 e. The smallest absolute Gasteiger partial charge is 0.374 e. The van der Waals surface area contributed by atoms with Gasteiger partial charge in [0.25, 0.3) is 5.56 Å². The average molecular weight is 446 g/mol. The number of aromatic nitrogens is 1. The quantitative estimate of drug-likeness (QED) is 0.603. The van der Waals surface area contributed by atoms with E-state index >= 15 is 0 Å². The van der Waals surface area contributed by atoms with E-state index in [0.717, 1.165) is 4.57 Å². The molecule has 0 saturated heterocycles. The highest BCUT2D eigenvalue weighted by molar-refractivity contribution is 14.1. The van der Waals surface area contributed by atoms with E-state index in [-0.39, 0.29) is 16.9 Å². The molecule has 0 amide bonds. The van der Waals surface area contributed by atoms with Gasteiger partial charge in [0.1, 0.15) is 17.0 Å². The number of pyridine rings is 1. The van der Waals surface area contributed by atoms with Crippen LogP contribution < -0.4 is 10.9 Å².